The van der Waals surface area contributed by atoms with Gasteiger partial charge in [-0.15, -0.1) is 11.3 Å². The molecule has 1 N–H and O–H groups in total. The second kappa shape index (κ2) is 5.92. The van der Waals surface area contributed by atoms with Crippen molar-refractivity contribution in [1.29, 1.82) is 0 Å². The molecule has 20 heavy (non-hydrogen) atoms. The Morgan fingerprint density at radius 3 is 3.05 bits per heavy atom. The summed E-state index contributed by atoms with van der Waals surface area (Å²) in [5.74, 6) is 2.20. The van der Waals surface area contributed by atoms with E-state index in [1.807, 2.05) is 36.9 Å². The molecule has 0 fully saturated rings. The van der Waals surface area contributed by atoms with Crippen LogP contribution in [0.2, 0.25) is 0 Å². The van der Waals surface area contributed by atoms with Crippen LogP contribution in [0.4, 0.5) is 5.69 Å². The quantitative estimate of drug-likeness (QED) is 0.820. The summed E-state index contributed by atoms with van der Waals surface area (Å²) in [6.45, 7) is 2.00. The number of thioether (sulfide) groups is 1. The largest absolute Gasteiger partial charge is 0.321 e. The lowest BCUT2D eigenvalue weighted by Crippen LogP contribution is -2.11. The Hall–Kier alpha value is -0.780. The first-order valence-corrected chi connectivity index (χ1v) is 9.17. The summed E-state index contributed by atoms with van der Waals surface area (Å²) in [5, 5.41) is 3.01. The third kappa shape index (κ3) is 2.80. The van der Waals surface area contributed by atoms with Crippen molar-refractivity contribution < 1.29 is 4.79 Å². The maximum atomic E-state index is 12.4. The fourth-order valence-electron chi connectivity index (χ4n) is 2.19. The number of carbonyl (C=O) groups excluding carboxylic acids is 1. The van der Waals surface area contributed by atoms with Gasteiger partial charge in [0.2, 0.25) is 0 Å². The Bertz CT molecular complexity index is 642. The van der Waals surface area contributed by atoms with Crippen LogP contribution in [0.5, 0.6) is 0 Å². The van der Waals surface area contributed by atoms with E-state index >= 15 is 0 Å². The van der Waals surface area contributed by atoms with Crippen molar-refractivity contribution >= 4 is 50.6 Å². The molecule has 0 atom stereocenters. The molecule has 1 aromatic carbocycles. The van der Waals surface area contributed by atoms with E-state index in [2.05, 4.69) is 27.3 Å². The van der Waals surface area contributed by atoms with Crippen LogP contribution >= 0.6 is 39.0 Å². The lowest BCUT2D eigenvalue weighted by molar-refractivity contribution is 0.103. The lowest BCUT2D eigenvalue weighted by Gasteiger charge is -2.08. The monoisotopic (exact) mass is 367 g/mol. The van der Waals surface area contributed by atoms with Gasteiger partial charge in [0, 0.05) is 20.8 Å². The van der Waals surface area contributed by atoms with Gasteiger partial charge in [-0.25, -0.2) is 0 Å². The molecular weight excluding hydrogens is 354 g/mol. The molecule has 0 saturated carbocycles. The summed E-state index contributed by atoms with van der Waals surface area (Å²) < 4.78 is 1.01. The highest BCUT2D eigenvalue weighted by Crippen LogP contribution is 2.32. The van der Waals surface area contributed by atoms with Crippen molar-refractivity contribution in [3.05, 3.63) is 49.6 Å². The van der Waals surface area contributed by atoms with E-state index in [1.54, 1.807) is 11.3 Å². The Labute approximate surface area is 135 Å². The number of hydrogen-bond donors (Lipinski definition) is 1. The molecule has 5 heteroatoms. The number of anilines is 1. The van der Waals surface area contributed by atoms with Gasteiger partial charge in [0.05, 0.1) is 4.88 Å². The summed E-state index contributed by atoms with van der Waals surface area (Å²) in [4.78, 5) is 14.6. The van der Waals surface area contributed by atoms with E-state index in [0.717, 1.165) is 32.8 Å². The van der Waals surface area contributed by atoms with Gasteiger partial charge in [-0.1, -0.05) is 22.0 Å². The molecule has 1 aliphatic rings. The van der Waals surface area contributed by atoms with Crippen LogP contribution in [0.15, 0.2) is 28.7 Å². The van der Waals surface area contributed by atoms with Crippen LogP contribution in [0.3, 0.4) is 0 Å². The third-order valence-electron chi connectivity index (χ3n) is 3.37. The molecule has 0 saturated heterocycles. The molecule has 0 unspecified atom stereocenters. The van der Waals surface area contributed by atoms with E-state index in [9.17, 15) is 4.79 Å². The molecule has 1 aromatic heterocycles. The average molecular weight is 368 g/mol. The number of nitrogens with one attached hydrogen (secondary N) is 1. The molecule has 0 aliphatic carbocycles. The predicted molar refractivity (Wildman–Crippen MR) is 91.0 cm³/mol. The lowest BCUT2D eigenvalue weighted by atomic mass is 10.2. The minimum Gasteiger partial charge on any atom is -0.321 e. The van der Waals surface area contributed by atoms with Gasteiger partial charge in [-0.2, -0.15) is 11.8 Å². The highest BCUT2D eigenvalue weighted by atomic mass is 79.9. The SMILES string of the molecule is Cc1c(Br)cccc1NC(=O)c1cc2c(s1)CCSC2. The van der Waals surface area contributed by atoms with E-state index in [1.165, 1.54) is 16.2 Å². The normalized spacial score (nSPS) is 13.9. The maximum Gasteiger partial charge on any atom is 0.265 e. The Morgan fingerprint density at radius 2 is 2.25 bits per heavy atom. The number of benzene rings is 1. The van der Waals surface area contributed by atoms with Crippen LogP contribution in [-0.2, 0) is 12.2 Å². The Balaban J connectivity index is 1.82. The molecule has 2 heterocycles. The molecule has 0 radical (unpaired) electrons. The zero-order valence-electron chi connectivity index (χ0n) is 11.0. The Kier molecular flexibility index (Phi) is 4.19. The molecule has 1 aliphatic heterocycles. The van der Waals surface area contributed by atoms with Crippen molar-refractivity contribution in [2.45, 2.75) is 19.1 Å². The van der Waals surface area contributed by atoms with Crippen molar-refractivity contribution in [1.82, 2.24) is 0 Å². The minimum absolute atomic E-state index is 0.00407. The van der Waals surface area contributed by atoms with Gasteiger partial charge in [0.1, 0.15) is 0 Å². The smallest absolute Gasteiger partial charge is 0.265 e. The van der Waals surface area contributed by atoms with Crippen LogP contribution in [0.25, 0.3) is 0 Å². The minimum atomic E-state index is -0.00407. The fraction of sp³-hybridized carbons (Fsp3) is 0.267. The number of thiophene rings is 1. The molecule has 2 nitrogen and oxygen atoms in total. The van der Waals surface area contributed by atoms with Crippen LogP contribution in [-0.4, -0.2) is 11.7 Å². The van der Waals surface area contributed by atoms with Crippen LogP contribution < -0.4 is 5.32 Å². The summed E-state index contributed by atoms with van der Waals surface area (Å²) in [6.07, 6.45) is 1.09. The molecule has 2 aromatic rings. The predicted octanol–water partition coefficient (Wildman–Crippen LogP) is 4.86. The summed E-state index contributed by atoms with van der Waals surface area (Å²) in [5.41, 5.74) is 3.25. The van der Waals surface area contributed by atoms with Gasteiger partial charge in [0.15, 0.2) is 0 Å². The first-order chi connectivity index (χ1) is 9.65. The summed E-state index contributed by atoms with van der Waals surface area (Å²) in [6, 6.07) is 7.89. The maximum absolute atomic E-state index is 12.4. The van der Waals surface area contributed by atoms with E-state index in [-0.39, 0.29) is 5.91 Å². The molecule has 1 amide bonds. The number of hydrogen-bond acceptors (Lipinski definition) is 3. The fourth-order valence-corrected chi connectivity index (χ4v) is 4.82. The number of rotatable bonds is 2. The number of aryl methyl sites for hydroxylation is 1. The van der Waals surface area contributed by atoms with E-state index < -0.39 is 0 Å². The van der Waals surface area contributed by atoms with Gasteiger partial charge in [-0.05, 0) is 48.4 Å². The molecule has 0 spiro atoms. The van der Waals surface area contributed by atoms with Gasteiger partial charge in [-0.3, -0.25) is 4.79 Å². The molecular formula is C15H14BrNOS2. The second-order valence-electron chi connectivity index (χ2n) is 4.73. The average Bonchev–Trinajstić information content (AvgIpc) is 2.88. The molecule has 0 bridgehead atoms. The van der Waals surface area contributed by atoms with Crippen molar-refractivity contribution in [2.24, 2.45) is 0 Å². The first kappa shape index (κ1) is 14.2. The van der Waals surface area contributed by atoms with Gasteiger partial charge in [0.25, 0.3) is 5.91 Å². The topological polar surface area (TPSA) is 29.1 Å². The van der Waals surface area contributed by atoms with E-state index in [4.69, 9.17) is 0 Å². The van der Waals surface area contributed by atoms with Crippen molar-refractivity contribution in [3.63, 3.8) is 0 Å². The standard InChI is InChI=1S/C15H14BrNOS2/c1-9-11(16)3-2-4-12(9)17-15(18)14-7-10-8-19-6-5-13(10)20-14/h2-4,7H,5-6,8H2,1H3,(H,17,18). The van der Waals surface area contributed by atoms with E-state index in [0.29, 0.717) is 0 Å². The number of halogens is 1. The number of fused-ring (bicyclic) bond motifs is 1. The van der Waals surface area contributed by atoms with Crippen LogP contribution in [0.1, 0.15) is 25.7 Å². The van der Waals surface area contributed by atoms with Crippen molar-refractivity contribution in [3.8, 4) is 0 Å². The highest BCUT2D eigenvalue weighted by Gasteiger charge is 2.18. The Morgan fingerprint density at radius 1 is 1.40 bits per heavy atom. The zero-order chi connectivity index (χ0) is 14.1. The summed E-state index contributed by atoms with van der Waals surface area (Å²) >= 11 is 7.06. The van der Waals surface area contributed by atoms with Crippen molar-refractivity contribution in [2.75, 3.05) is 11.1 Å². The second-order valence-corrected chi connectivity index (χ2v) is 7.82. The van der Waals surface area contributed by atoms with Crippen LogP contribution in [0, 0.1) is 6.92 Å². The highest BCUT2D eigenvalue weighted by molar-refractivity contribution is 9.10. The summed E-state index contributed by atoms with van der Waals surface area (Å²) in [7, 11) is 0. The first-order valence-electron chi connectivity index (χ1n) is 6.41. The molecule has 104 valence electrons. The molecule has 3 rings (SSSR count). The number of carbonyl (C=O) groups is 1. The van der Waals surface area contributed by atoms with Gasteiger partial charge < -0.3 is 5.32 Å². The zero-order valence-corrected chi connectivity index (χ0v) is 14.3. The number of amides is 1. The third-order valence-corrected chi connectivity index (χ3v) is 6.47. The van der Waals surface area contributed by atoms with Gasteiger partial charge >= 0.3 is 0 Å².